The first kappa shape index (κ1) is 17.5. The van der Waals surface area contributed by atoms with Crippen molar-refractivity contribution in [1.82, 2.24) is 0 Å². The van der Waals surface area contributed by atoms with Crippen molar-refractivity contribution in [3.8, 4) is 0 Å². The molecule has 3 nitrogen and oxygen atoms in total. The molecule has 7 heteroatoms. The van der Waals surface area contributed by atoms with Crippen LogP contribution in [-0.4, -0.2) is 28.6 Å². The summed E-state index contributed by atoms with van der Waals surface area (Å²) in [7, 11) is 0. The molecule has 0 amide bonds. The van der Waals surface area contributed by atoms with Crippen molar-refractivity contribution >= 4 is 22.9 Å². The van der Waals surface area contributed by atoms with Gasteiger partial charge in [-0.3, -0.25) is 0 Å². The summed E-state index contributed by atoms with van der Waals surface area (Å²) >= 11 is 1.47. The van der Waals surface area contributed by atoms with E-state index in [-0.39, 0.29) is 6.54 Å². The average molecular weight is 381 g/mol. The van der Waals surface area contributed by atoms with Crippen molar-refractivity contribution in [2.45, 2.75) is 37.6 Å². The number of β-amino-alcohol motifs (C(OH)–C–C–N with tert-alkyl or cyclic N) is 1. The van der Waals surface area contributed by atoms with E-state index < -0.39 is 17.5 Å². The van der Waals surface area contributed by atoms with Crippen molar-refractivity contribution in [1.29, 1.82) is 0 Å². The number of amidine groups is 1. The molecule has 3 heterocycles. The summed E-state index contributed by atoms with van der Waals surface area (Å²) < 4.78 is 41.4. The van der Waals surface area contributed by atoms with Crippen LogP contribution in [0.5, 0.6) is 0 Å². The number of nitrogens with zero attached hydrogens (tertiary/aromatic N) is 2. The predicted molar refractivity (Wildman–Crippen MR) is 95.6 cm³/mol. The molecular weight excluding hydrogens is 361 g/mol. The van der Waals surface area contributed by atoms with E-state index in [4.69, 9.17) is 0 Å². The Balaban J connectivity index is 1.79. The highest BCUT2D eigenvalue weighted by Gasteiger charge is 2.52. The average Bonchev–Trinajstić information content (AvgIpc) is 3.16. The van der Waals surface area contributed by atoms with Gasteiger partial charge in [-0.05, 0) is 48.9 Å². The number of thiophene rings is 1. The fraction of sp³-hybridized carbons (Fsp3) is 0.421. The lowest BCUT2D eigenvalue weighted by Gasteiger charge is -2.21. The molecule has 2 aliphatic rings. The third kappa shape index (κ3) is 2.93. The van der Waals surface area contributed by atoms with Crippen LogP contribution in [0.3, 0.4) is 0 Å². The van der Waals surface area contributed by atoms with Gasteiger partial charge in [0.25, 0.3) is 11.6 Å². The topological polar surface area (TPSA) is 26.5 Å². The van der Waals surface area contributed by atoms with Gasteiger partial charge in [0.2, 0.25) is 0 Å². The molecule has 2 aromatic rings. The SMILES string of the molecule is O[C@@]1(c2cccs2)CN(c2cccc(C(F)(F)F)c2)C2=[N+]1CCCCC2. The molecule has 0 aliphatic carbocycles. The molecule has 1 aromatic heterocycles. The molecule has 0 saturated heterocycles. The van der Waals surface area contributed by atoms with Crippen molar-refractivity contribution in [2.75, 3.05) is 18.0 Å². The molecule has 26 heavy (non-hydrogen) atoms. The Bertz CT molecular complexity index is 832. The van der Waals surface area contributed by atoms with Gasteiger partial charge in [0.15, 0.2) is 6.54 Å². The van der Waals surface area contributed by atoms with Crippen LogP contribution >= 0.6 is 11.3 Å². The highest BCUT2D eigenvalue weighted by atomic mass is 32.1. The maximum atomic E-state index is 13.1. The maximum absolute atomic E-state index is 13.1. The predicted octanol–water partition coefficient (Wildman–Crippen LogP) is 4.42. The van der Waals surface area contributed by atoms with Gasteiger partial charge in [-0.2, -0.15) is 13.2 Å². The van der Waals surface area contributed by atoms with E-state index in [0.717, 1.165) is 42.5 Å². The van der Waals surface area contributed by atoms with Gasteiger partial charge in [0.05, 0.1) is 17.0 Å². The molecule has 4 rings (SSSR count). The Morgan fingerprint density at radius 3 is 2.69 bits per heavy atom. The second kappa shape index (κ2) is 6.39. The van der Waals surface area contributed by atoms with Crippen LogP contribution < -0.4 is 4.90 Å². The first-order valence-electron chi connectivity index (χ1n) is 8.74. The molecule has 0 saturated carbocycles. The van der Waals surface area contributed by atoms with Gasteiger partial charge in [-0.15, -0.1) is 11.3 Å². The van der Waals surface area contributed by atoms with Gasteiger partial charge < -0.3 is 5.11 Å². The fourth-order valence-electron chi connectivity index (χ4n) is 3.88. The molecule has 1 N–H and O–H groups in total. The van der Waals surface area contributed by atoms with E-state index in [1.165, 1.54) is 23.5 Å². The number of benzene rings is 1. The van der Waals surface area contributed by atoms with Crippen LogP contribution in [0, 0.1) is 0 Å². The molecule has 0 bridgehead atoms. The first-order valence-corrected chi connectivity index (χ1v) is 9.62. The molecule has 2 aliphatic heterocycles. The smallest absolute Gasteiger partial charge is 0.346 e. The van der Waals surface area contributed by atoms with Gasteiger partial charge in [0.1, 0.15) is 5.69 Å². The van der Waals surface area contributed by atoms with E-state index in [1.54, 1.807) is 6.07 Å². The van der Waals surface area contributed by atoms with Crippen LogP contribution in [0.1, 0.15) is 36.1 Å². The third-order valence-electron chi connectivity index (χ3n) is 5.13. The van der Waals surface area contributed by atoms with Crippen molar-refractivity contribution in [3.05, 3.63) is 52.2 Å². The minimum absolute atomic E-state index is 0.240. The zero-order valence-corrected chi connectivity index (χ0v) is 15.0. The Labute approximate surface area is 154 Å². The third-order valence-corrected chi connectivity index (χ3v) is 6.14. The van der Waals surface area contributed by atoms with Crippen LogP contribution in [0.4, 0.5) is 18.9 Å². The number of anilines is 1. The zero-order chi connectivity index (χ0) is 18.4. The number of alkyl halides is 3. The largest absolute Gasteiger partial charge is 0.416 e. The second-order valence-electron chi connectivity index (χ2n) is 6.81. The van der Waals surface area contributed by atoms with E-state index in [1.807, 2.05) is 27.0 Å². The monoisotopic (exact) mass is 381 g/mol. The lowest BCUT2D eigenvalue weighted by atomic mass is 10.1. The summed E-state index contributed by atoms with van der Waals surface area (Å²) in [5, 5.41) is 13.4. The molecule has 0 unspecified atom stereocenters. The van der Waals surface area contributed by atoms with Crippen LogP contribution in [0.2, 0.25) is 0 Å². The Hall–Kier alpha value is -1.86. The van der Waals surface area contributed by atoms with Crippen molar-refractivity contribution in [2.24, 2.45) is 0 Å². The van der Waals surface area contributed by atoms with E-state index in [0.29, 0.717) is 12.2 Å². The fourth-order valence-corrected chi connectivity index (χ4v) is 4.70. The summed E-state index contributed by atoms with van der Waals surface area (Å²) in [6.45, 7) is 0.948. The van der Waals surface area contributed by atoms with Crippen LogP contribution in [-0.2, 0) is 11.9 Å². The quantitative estimate of drug-likeness (QED) is 0.780. The minimum Gasteiger partial charge on any atom is -0.346 e. The lowest BCUT2D eigenvalue weighted by Crippen LogP contribution is -2.40. The maximum Gasteiger partial charge on any atom is 0.416 e. The molecule has 138 valence electrons. The Morgan fingerprint density at radius 1 is 1.12 bits per heavy atom. The summed E-state index contributed by atoms with van der Waals surface area (Å²) in [4.78, 5) is 2.69. The first-order chi connectivity index (χ1) is 12.4. The van der Waals surface area contributed by atoms with Gasteiger partial charge in [-0.1, -0.05) is 12.1 Å². The van der Waals surface area contributed by atoms with Crippen molar-refractivity contribution in [3.63, 3.8) is 0 Å². The number of aliphatic hydroxyl groups is 1. The minimum atomic E-state index is -4.38. The molecular formula is C19H20F3N2OS+. The van der Waals surface area contributed by atoms with Crippen LogP contribution in [0.15, 0.2) is 41.8 Å². The highest BCUT2D eigenvalue weighted by Crippen LogP contribution is 2.38. The van der Waals surface area contributed by atoms with E-state index in [9.17, 15) is 18.3 Å². The van der Waals surface area contributed by atoms with Crippen molar-refractivity contribution < 1.29 is 22.9 Å². The standard InChI is InChI=1S/C19H20F3N2OS/c20-19(21,22)14-6-4-7-15(12-14)23-13-18(25,16-8-5-11-26-16)24-10-3-1-2-9-17(23)24/h4-8,11-12,25H,1-3,9-10,13H2/q+1/t18-/m1/s1. The summed E-state index contributed by atoms with van der Waals surface area (Å²) in [5.41, 5.74) is -1.38. The second-order valence-corrected chi connectivity index (χ2v) is 7.75. The van der Waals surface area contributed by atoms with Gasteiger partial charge >= 0.3 is 6.18 Å². The summed E-state index contributed by atoms with van der Waals surface area (Å²) in [5.74, 6) is 0.915. The van der Waals surface area contributed by atoms with Crippen LogP contribution in [0.25, 0.3) is 0 Å². The normalized spacial score (nSPS) is 23.9. The van der Waals surface area contributed by atoms with E-state index >= 15 is 0 Å². The Kier molecular flexibility index (Phi) is 4.31. The highest BCUT2D eigenvalue weighted by molar-refractivity contribution is 7.10. The molecule has 0 spiro atoms. The van der Waals surface area contributed by atoms with E-state index in [2.05, 4.69) is 0 Å². The molecule has 1 atom stereocenters. The molecule has 0 fully saturated rings. The zero-order valence-electron chi connectivity index (χ0n) is 14.2. The summed E-state index contributed by atoms with van der Waals surface area (Å²) in [6, 6.07) is 9.16. The lowest BCUT2D eigenvalue weighted by molar-refractivity contribution is -0.657. The van der Waals surface area contributed by atoms with Gasteiger partial charge in [0, 0.05) is 6.42 Å². The van der Waals surface area contributed by atoms with Gasteiger partial charge in [-0.25, -0.2) is 9.48 Å². The number of halogens is 3. The molecule has 0 radical (unpaired) electrons. The Morgan fingerprint density at radius 2 is 1.96 bits per heavy atom. The number of hydrogen-bond acceptors (Lipinski definition) is 3. The number of hydrogen-bond donors (Lipinski definition) is 1. The number of rotatable bonds is 2. The molecule has 1 aromatic carbocycles. The summed E-state index contributed by atoms with van der Waals surface area (Å²) in [6.07, 6.45) is -0.635.